The Bertz CT molecular complexity index is 1200. The summed E-state index contributed by atoms with van der Waals surface area (Å²) in [5.74, 6) is -1.17. The molecule has 0 spiro atoms. The van der Waals surface area contributed by atoms with Gasteiger partial charge in [-0.3, -0.25) is 19.9 Å². The standard InChI is InChI=1S/C22H18ClN3O5/c23-17-8-12(4-7-19(17)29)9-24-25-18-6-5-16-20-14(18)2-1-3-15(20)21(30)26(22(16)31)13(10-27)11-28/h1-9,13,25,27-29H,10-11H2/b24-9+. The second-order valence-corrected chi connectivity index (χ2v) is 7.38. The number of aliphatic hydroxyl groups excluding tert-OH is 2. The Labute approximate surface area is 182 Å². The van der Waals surface area contributed by atoms with Crippen molar-refractivity contribution >= 4 is 46.1 Å². The van der Waals surface area contributed by atoms with Crippen molar-refractivity contribution in [3.05, 3.63) is 70.2 Å². The van der Waals surface area contributed by atoms with Gasteiger partial charge in [-0.15, -0.1) is 0 Å². The highest BCUT2D eigenvalue weighted by Crippen LogP contribution is 2.35. The summed E-state index contributed by atoms with van der Waals surface area (Å²) in [4.78, 5) is 26.8. The molecule has 158 valence electrons. The Morgan fingerprint density at radius 2 is 1.74 bits per heavy atom. The normalized spacial score (nSPS) is 13.6. The highest BCUT2D eigenvalue weighted by Gasteiger charge is 2.37. The van der Waals surface area contributed by atoms with Gasteiger partial charge in [-0.2, -0.15) is 5.10 Å². The van der Waals surface area contributed by atoms with Gasteiger partial charge in [0.2, 0.25) is 0 Å². The molecule has 0 aliphatic carbocycles. The van der Waals surface area contributed by atoms with Gasteiger partial charge in [-0.1, -0.05) is 23.7 Å². The number of halogens is 1. The lowest BCUT2D eigenvalue weighted by molar-refractivity contribution is 0.0375. The van der Waals surface area contributed by atoms with Crippen LogP contribution in [0.3, 0.4) is 0 Å². The molecule has 0 unspecified atom stereocenters. The fourth-order valence-corrected chi connectivity index (χ4v) is 3.73. The first-order chi connectivity index (χ1) is 15.0. The zero-order valence-electron chi connectivity index (χ0n) is 16.1. The summed E-state index contributed by atoms with van der Waals surface area (Å²) in [6.07, 6.45) is 1.52. The molecule has 3 aromatic rings. The van der Waals surface area contributed by atoms with E-state index in [4.69, 9.17) is 11.6 Å². The van der Waals surface area contributed by atoms with Crippen molar-refractivity contribution in [1.82, 2.24) is 4.90 Å². The number of amides is 2. The van der Waals surface area contributed by atoms with E-state index in [-0.39, 0.29) is 10.8 Å². The third-order valence-electron chi connectivity index (χ3n) is 5.10. The Morgan fingerprint density at radius 1 is 1.03 bits per heavy atom. The largest absolute Gasteiger partial charge is 0.506 e. The highest BCUT2D eigenvalue weighted by molar-refractivity contribution is 6.32. The Morgan fingerprint density at radius 3 is 2.42 bits per heavy atom. The van der Waals surface area contributed by atoms with Crippen LogP contribution in [0.1, 0.15) is 26.3 Å². The number of carbonyl (C=O) groups excluding carboxylic acids is 2. The average Bonchev–Trinajstić information content (AvgIpc) is 2.77. The van der Waals surface area contributed by atoms with Gasteiger partial charge in [0.05, 0.1) is 36.2 Å². The minimum absolute atomic E-state index is 0.0247. The summed E-state index contributed by atoms with van der Waals surface area (Å²) < 4.78 is 0. The quantitative estimate of drug-likeness (QED) is 0.266. The smallest absolute Gasteiger partial charge is 0.261 e. The molecule has 0 saturated heterocycles. The number of hydrazone groups is 1. The van der Waals surface area contributed by atoms with Gasteiger partial charge in [0, 0.05) is 21.9 Å². The molecule has 9 heteroatoms. The van der Waals surface area contributed by atoms with Crippen LogP contribution in [-0.2, 0) is 0 Å². The van der Waals surface area contributed by atoms with E-state index in [9.17, 15) is 24.9 Å². The van der Waals surface area contributed by atoms with Crippen LogP contribution in [0.4, 0.5) is 5.69 Å². The number of anilines is 1. The number of rotatable bonds is 6. The zero-order valence-corrected chi connectivity index (χ0v) is 16.9. The molecule has 3 aromatic carbocycles. The number of imide groups is 1. The molecule has 8 nitrogen and oxygen atoms in total. The minimum Gasteiger partial charge on any atom is -0.506 e. The van der Waals surface area contributed by atoms with E-state index >= 15 is 0 Å². The molecule has 1 heterocycles. The molecule has 4 rings (SSSR count). The van der Waals surface area contributed by atoms with E-state index in [0.29, 0.717) is 33.2 Å². The minimum atomic E-state index is -1.01. The highest BCUT2D eigenvalue weighted by atomic mass is 35.5. The van der Waals surface area contributed by atoms with Crippen LogP contribution in [0, 0.1) is 0 Å². The predicted octanol–water partition coefficient (Wildman–Crippen LogP) is 2.59. The van der Waals surface area contributed by atoms with Crippen LogP contribution in [0.25, 0.3) is 10.8 Å². The van der Waals surface area contributed by atoms with Crippen molar-refractivity contribution < 1.29 is 24.9 Å². The second-order valence-electron chi connectivity index (χ2n) is 6.97. The number of carbonyl (C=O) groups is 2. The van der Waals surface area contributed by atoms with Crippen molar-refractivity contribution in [2.24, 2.45) is 5.10 Å². The summed E-state index contributed by atoms with van der Waals surface area (Å²) in [5.41, 5.74) is 4.76. The maximum absolute atomic E-state index is 12.9. The first kappa shape index (κ1) is 20.8. The SMILES string of the molecule is O=C1c2cccc3c(N/N=C/c4ccc(O)c(Cl)c4)ccc(c23)C(=O)N1C(CO)CO. The Kier molecular flexibility index (Phi) is 5.60. The molecule has 4 N–H and O–H groups in total. The number of nitrogens with zero attached hydrogens (tertiary/aromatic N) is 2. The average molecular weight is 440 g/mol. The lowest BCUT2D eigenvalue weighted by atomic mass is 9.92. The van der Waals surface area contributed by atoms with Crippen molar-refractivity contribution in [2.45, 2.75) is 6.04 Å². The molecular weight excluding hydrogens is 422 g/mol. The molecule has 0 bridgehead atoms. The van der Waals surface area contributed by atoms with Gasteiger partial charge in [0.25, 0.3) is 11.8 Å². The number of aliphatic hydroxyl groups is 2. The van der Waals surface area contributed by atoms with Gasteiger partial charge in [0.1, 0.15) is 5.75 Å². The van der Waals surface area contributed by atoms with Crippen LogP contribution < -0.4 is 5.43 Å². The van der Waals surface area contributed by atoms with Crippen molar-refractivity contribution in [1.29, 1.82) is 0 Å². The van der Waals surface area contributed by atoms with E-state index in [1.807, 2.05) is 0 Å². The fraction of sp³-hybridized carbons (Fsp3) is 0.136. The number of nitrogens with one attached hydrogen (secondary N) is 1. The van der Waals surface area contributed by atoms with Crippen LogP contribution in [0.15, 0.2) is 53.6 Å². The first-order valence-corrected chi connectivity index (χ1v) is 9.77. The van der Waals surface area contributed by atoms with E-state index < -0.39 is 31.1 Å². The van der Waals surface area contributed by atoms with Gasteiger partial charge >= 0.3 is 0 Å². The molecule has 0 atom stereocenters. The molecule has 0 radical (unpaired) electrons. The molecular formula is C22H18ClN3O5. The lowest BCUT2D eigenvalue weighted by Crippen LogP contribution is -2.50. The van der Waals surface area contributed by atoms with Crippen LogP contribution >= 0.6 is 11.6 Å². The summed E-state index contributed by atoms with van der Waals surface area (Å²) in [6.45, 7) is -1.07. The Hall–Kier alpha value is -3.46. The summed E-state index contributed by atoms with van der Waals surface area (Å²) >= 11 is 5.90. The molecule has 1 aliphatic rings. The van der Waals surface area contributed by atoms with E-state index in [1.54, 1.807) is 42.5 Å². The van der Waals surface area contributed by atoms with E-state index in [1.165, 1.54) is 12.3 Å². The fourth-order valence-electron chi connectivity index (χ4n) is 3.54. The van der Waals surface area contributed by atoms with Gasteiger partial charge < -0.3 is 15.3 Å². The summed E-state index contributed by atoms with van der Waals surface area (Å²) in [5, 5.41) is 33.9. The molecule has 31 heavy (non-hydrogen) atoms. The van der Waals surface area contributed by atoms with Crippen LogP contribution in [0.5, 0.6) is 5.75 Å². The maximum Gasteiger partial charge on any atom is 0.261 e. The zero-order chi connectivity index (χ0) is 22.1. The van der Waals surface area contributed by atoms with Crippen LogP contribution in [0.2, 0.25) is 5.02 Å². The molecule has 1 aliphatic heterocycles. The predicted molar refractivity (Wildman–Crippen MR) is 117 cm³/mol. The van der Waals surface area contributed by atoms with Gasteiger partial charge in [-0.05, 0) is 42.0 Å². The third kappa shape index (κ3) is 3.61. The molecule has 0 saturated carbocycles. The van der Waals surface area contributed by atoms with E-state index in [2.05, 4.69) is 10.5 Å². The summed E-state index contributed by atoms with van der Waals surface area (Å²) in [6, 6.07) is 12.0. The number of hydrogen-bond acceptors (Lipinski definition) is 7. The first-order valence-electron chi connectivity index (χ1n) is 9.39. The number of benzene rings is 3. The molecule has 0 fully saturated rings. The number of phenolic OH excluding ortho intramolecular Hbond substituents is 1. The number of hydrogen-bond donors (Lipinski definition) is 4. The van der Waals surface area contributed by atoms with Crippen molar-refractivity contribution in [3.8, 4) is 5.75 Å². The van der Waals surface area contributed by atoms with E-state index in [0.717, 1.165) is 4.90 Å². The van der Waals surface area contributed by atoms with Crippen LogP contribution in [-0.4, -0.2) is 57.5 Å². The molecule has 0 aromatic heterocycles. The van der Waals surface area contributed by atoms with Gasteiger partial charge in [0.15, 0.2) is 0 Å². The summed E-state index contributed by atoms with van der Waals surface area (Å²) in [7, 11) is 0. The third-order valence-corrected chi connectivity index (χ3v) is 5.40. The lowest BCUT2D eigenvalue weighted by Gasteiger charge is -2.32. The Balaban J connectivity index is 1.71. The maximum atomic E-state index is 12.9. The second kappa shape index (κ2) is 8.35. The van der Waals surface area contributed by atoms with Gasteiger partial charge in [-0.25, -0.2) is 0 Å². The molecule has 2 amide bonds. The van der Waals surface area contributed by atoms with Crippen molar-refractivity contribution in [2.75, 3.05) is 18.6 Å². The monoisotopic (exact) mass is 439 g/mol. The van der Waals surface area contributed by atoms with Crippen molar-refractivity contribution in [3.63, 3.8) is 0 Å². The topological polar surface area (TPSA) is 122 Å². The number of aromatic hydroxyl groups is 1. The number of phenols is 1.